The van der Waals surface area contributed by atoms with Crippen LogP contribution in [-0.2, 0) is 10.0 Å². The van der Waals surface area contributed by atoms with Crippen LogP contribution in [0.2, 0.25) is 5.02 Å². The number of urea groups is 1. The Morgan fingerprint density at radius 2 is 1.48 bits per heavy atom. The summed E-state index contributed by atoms with van der Waals surface area (Å²) in [7, 11) is -3.70. The van der Waals surface area contributed by atoms with Crippen LogP contribution in [0.3, 0.4) is 0 Å². The molecule has 2 amide bonds. The van der Waals surface area contributed by atoms with Crippen LogP contribution in [-0.4, -0.2) is 32.4 Å². The highest BCUT2D eigenvalue weighted by Crippen LogP contribution is 2.20. The molecule has 8 heteroatoms. The number of carbonyl (C=O) groups is 1. The number of likely N-dealkylation sites (tertiary alicyclic amines) is 1. The number of carbonyl (C=O) groups excluding carboxylic acids is 1. The van der Waals surface area contributed by atoms with Crippen LogP contribution in [0.25, 0.3) is 0 Å². The van der Waals surface area contributed by atoms with E-state index in [2.05, 4.69) is 10.0 Å². The average molecular weight is 380 g/mol. The second-order valence-electron chi connectivity index (χ2n) is 5.76. The first-order valence-corrected chi connectivity index (χ1v) is 9.74. The highest BCUT2D eigenvalue weighted by Gasteiger charge is 2.18. The van der Waals surface area contributed by atoms with Gasteiger partial charge in [-0.3, -0.25) is 4.72 Å². The van der Waals surface area contributed by atoms with E-state index in [9.17, 15) is 13.2 Å². The Hall–Kier alpha value is -2.25. The van der Waals surface area contributed by atoms with Gasteiger partial charge in [-0.25, -0.2) is 13.2 Å². The molecule has 0 aliphatic carbocycles. The molecule has 1 fully saturated rings. The van der Waals surface area contributed by atoms with Gasteiger partial charge >= 0.3 is 6.03 Å². The molecule has 1 aliphatic heterocycles. The second kappa shape index (κ2) is 7.33. The molecule has 132 valence electrons. The first-order chi connectivity index (χ1) is 11.9. The molecule has 0 saturated carbocycles. The maximum Gasteiger partial charge on any atom is 0.321 e. The molecule has 1 saturated heterocycles. The SMILES string of the molecule is O=C(Nc1ccc(S(=O)(=O)Nc2ccc(Cl)cc2)cc1)N1CCCC1. The van der Waals surface area contributed by atoms with Gasteiger partial charge in [0, 0.05) is 29.5 Å². The quantitative estimate of drug-likeness (QED) is 0.848. The number of hydrogen-bond acceptors (Lipinski definition) is 3. The molecule has 0 spiro atoms. The molecule has 0 bridgehead atoms. The molecule has 0 radical (unpaired) electrons. The van der Waals surface area contributed by atoms with Gasteiger partial charge in [-0.05, 0) is 61.4 Å². The van der Waals surface area contributed by atoms with Gasteiger partial charge in [-0.1, -0.05) is 11.6 Å². The van der Waals surface area contributed by atoms with E-state index in [1.807, 2.05) is 0 Å². The van der Waals surface area contributed by atoms with Crippen LogP contribution in [0.5, 0.6) is 0 Å². The van der Waals surface area contributed by atoms with Crippen molar-refractivity contribution in [3.8, 4) is 0 Å². The van der Waals surface area contributed by atoms with Gasteiger partial charge in [-0.15, -0.1) is 0 Å². The maximum absolute atomic E-state index is 12.4. The third kappa shape index (κ3) is 4.43. The maximum atomic E-state index is 12.4. The molecule has 6 nitrogen and oxygen atoms in total. The third-order valence-electron chi connectivity index (χ3n) is 3.91. The van der Waals surface area contributed by atoms with Crippen LogP contribution in [0, 0.1) is 0 Å². The fourth-order valence-corrected chi connectivity index (χ4v) is 3.76. The Morgan fingerprint density at radius 1 is 0.920 bits per heavy atom. The molecule has 2 N–H and O–H groups in total. The van der Waals surface area contributed by atoms with Crippen molar-refractivity contribution in [3.05, 3.63) is 53.6 Å². The van der Waals surface area contributed by atoms with Crippen molar-refractivity contribution in [2.24, 2.45) is 0 Å². The van der Waals surface area contributed by atoms with Gasteiger partial charge in [0.15, 0.2) is 0 Å². The van der Waals surface area contributed by atoms with Crippen LogP contribution in [0.15, 0.2) is 53.4 Å². The number of benzene rings is 2. The number of nitrogens with one attached hydrogen (secondary N) is 2. The summed E-state index contributed by atoms with van der Waals surface area (Å²) in [5.74, 6) is 0. The smallest absolute Gasteiger partial charge is 0.321 e. The summed E-state index contributed by atoms with van der Waals surface area (Å²) in [5.41, 5.74) is 0.984. The van der Waals surface area contributed by atoms with Gasteiger partial charge in [-0.2, -0.15) is 0 Å². The number of hydrogen-bond donors (Lipinski definition) is 2. The average Bonchev–Trinajstić information content (AvgIpc) is 3.12. The van der Waals surface area contributed by atoms with Gasteiger partial charge in [0.2, 0.25) is 0 Å². The standard InChI is InChI=1S/C17H18ClN3O3S/c18-13-3-5-15(6-4-13)20-25(23,24)16-9-7-14(8-10-16)19-17(22)21-11-1-2-12-21/h3-10,20H,1-2,11-12H2,(H,19,22). The Bertz CT molecular complexity index is 846. The minimum atomic E-state index is -3.70. The Balaban J connectivity index is 1.68. The fourth-order valence-electron chi connectivity index (χ4n) is 2.57. The lowest BCUT2D eigenvalue weighted by atomic mass is 10.3. The zero-order chi connectivity index (χ0) is 17.9. The molecule has 0 unspecified atom stereocenters. The largest absolute Gasteiger partial charge is 0.325 e. The highest BCUT2D eigenvalue weighted by atomic mass is 35.5. The molecule has 2 aromatic carbocycles. The monoisotopic (exact) mass is 379 g/mol. The summed E-state index contributed by atoms with van der Waals surface area (Å²) >= 11 is 5.79. The van der Waals surface area contributed by atoms with E-state index in [1.165, 1.54) is 12.1 Å². The Labute approximate surface area is 151 Å². The normalized spacial score (nSPS) is 14.4. The van der Waals surface area contributed by atoms with Crippen molar-refractivity contribution in [1.82, 2.24) is 4.90 Å². The van der Waals surface area contributed by atoms with Gasteiger partial charge in [0.25, 0.3) is 10.0 Å². The number of sulfonamides is 1. The second-order valence-corrected chi connectivity index (χ2v) is 7.88. The minimum absolute atomic E-state index is 0.113. The molecule has 1 aliphatic rings. The van der Waals surface area contributed by atoms with Crippen LogP contribution in [0.4, 0.5) is 16.2 Å². The lowest BCUT2D eigenvalue weighted by molar-refractivity contribution is 0.222. The zero-order valence-electron chi connectivity index (χ0n) is 13.4. The van der Waals surface area contributed by atoms with E-state index >= 15 is 0 Å². The van der Waals surface area contributed by atoms with E-state index in [0.29, 0.717) is 16.4 Å². The van der Waals surface area contributed by atoms with E-state index in [-0.39, 0.29) is 10.9 Å². The zero-order valence-corrected chi connectivity index (χ0v) is 15.0. The molecular formula is C17H18ClN3O3S. The molecule has 3 rings (SSSR count). The van der Waals surface area contributed by atoms with E-state index < -0.39 is 10.0 Å². The summed E-state index contributed by atoms with van der Waals surface area (Å²) in [6, 6.07) is 12.3. The third-order valence-corrected chi connectivity index (χ3v) is 5.55. The van der Waals surface area contributed by atoms with Gasteiger partial charge < -0.3 is 10.2 Å². The van der Waals surface area contributed by atoms with Crippen molar-refractivity contribution in [3.63, 3.8) is 0 Å². The van der Waals surface area contributed by atoms with E-state index in [4.69, 9.17) is 11.6 Å². The number of amides is 2. The van der Waals surface area contributed by atoms with E-state index in [1.54, 1.807) is 41.3 Å². The summed E-state index contributed by atoms with van der Waals surface area (Å²) < 4.78 is 27.3. The molecule has 1 heterocycles. The molecule has 0 aromatic heterocycles. The molecule has 2 aromatic rings. The summed E-state index contributed by atoms with van der Waals surface area (Å²) in [4.78, 5) is 13.9. The summed E-state index contributed by atoms with van der Waals surface area (Å²) in [6.45, 7) is 1.51. The predicted molar refractivity (Wildman–Crippen MR) is 98.5 cm³/mol. The fraction of sp³-hybridized carbons (Fsp3) is 0.235. The van der Waals surface area contributed by atoms with Gasteiger partial charge in [0.05, 0.1) is 4.90 Å². The first kappa shape index (κ1) is 17.6. The Morgan fingerprint density at radius 3 is 2.08 bits per heavy atom. The molecular weight excluding hydrogens is 362 g/mol. The minimum Gasteiger partial charge on any atom is -0.325 e. The lowest BCUT2D eigenvalue weighted by Crippen LogP contribution is -2.32. The number of rotatable bonds is 4. The topological polar surface area (TPSA) is 78.5 Å². The number of nitrogens with zero attached hydrogens (tertiary/aromatic N) is 1. The van der Waals surface area contributed by atoms with Crippen molar-refractivity contribution < 1.29 is 13.2 Å². The number of halogens is 1. The van der Waals surface area contributed by atoms with Crippen molar-refractivity contribution in [2.75, 3.05) is 23.1 Å². The predicted octanol–water partition coefficient (Wildman–Crippen LogP) is 3.77. The number of anilines is 2. The molecule has 25 heavy (non-hydrogen) atoms. The molecule has 0 atom stereocenters. The van der Waals surface area contributed by atoms with E-state index in [0.717, 1.165) is 25.9 Å². The van der Waals surface area contributed by atoms with Crippen molar-refractivity contribution >= 4 is 39.0 Å². The summed E-state index contributed by atoms with van der Waals surface area (Å²) in [5, 5.41) is 3.30. The van der Waals surface area contributed by atoms with Crippen LogP contribution >= 0.6 is 11.6 Å². The summed E-state index contributed by atoms with van der Waals surface area (Å²) in [6.07, 6.45) is 2.03. The first-order valence-electron chi connectivity index (χ1n) is 7.88. The van der Waals surface area contributed by atoms with Crippen LogP contribution in [0.1, 0.15) is 12.8 Å². The van der Waals surface area contributed by atoms with Gasteiger partial charge in [0.1, 0.15) is 0 Å². The lowest BCUT2D eigenvalue weighted by Gasteiger charge is -2.16. The Kier molecular flexibility index (Phi) is 5.15. The van der Waals surface area contributed by atoms with Crippen LogP contribution < -0.4 is 10.0 Å². The van der Waals surface area contributed by atoms with Crippen molar-refractivity contribution in [1.29, 1.82) is 0 Å². The van der Waals surface area contributed by atoms with Crippen molar-refractivity contribution in [2.45, 2.75) is 17.7 Å². The highest BCUT2D eigenvalue weighted by molar-refractivity contribution is 7.92.